The lowest BCUT2D eigenvalue weighted by Crippen LogP contribution is -2.38. The predicted octanol–water partition coefficient (Wildman–Crippen LogP) is 2.03. The number of piperidine rings is 1. The Morgan fingerprint density at radius 1 is 1.55 bits per heavy atom. The highest BCUT2D eigenvalue weighted by Gasteiger charge is 2.25. The van der Waals surface area contributed by atoms with Gasteiger partial charge in [0.05, 0.1) is 16.9 Å². The number of nitrogens with zero attached hydrogens (tertiary/aromatic N) is 2. The van der Waals surface area contributed by atoms with Gasteiger partial charge in [-0.05, 0) is 25.5 Å². The van der Waals surface area contributed by atoms with Gasteiger partial charge in [0, 0.05) is 24.7 Å². The van der Waals surface area contributed by atoms with Crippen LogP contribution >= 0.6 is 0 Å². The second kappa shape index (κ2) is 5.96. The molecule has 0 spiro atoms. The normalized spacial score (nSPS) is 19.8. The SMILES string of the molecule is O=C(O)C1CCCN(Cc2ccc([N+](=O)[O-])cc2F)C1. The maximum absolute atomic E-state index is 13.8. The Labute approximate surface area is 115 Å². The number of hydrogen-bond acceptors (Lipinski definition) is 4. The number of carboxylic acids is 1. The molecule has 1 saturated heterocycles. The summed E-state index contributed by atoms with van der Waals surface area (Å²) in [5, 5.41) is 19.5. The summed E-state index contributed by atoms with van der Waals surface area (Å²) >= 11 is 0. The minimum atomic E-state index is -0.834. The van der Waals surface area contributed by atoms with Gasteiger partial charge in [-0.2, -0.15) is 0 Å². The molecule has 0 amide bonds. The Kier molecular flexibility index (Phi) is 4.29. The molecule has 0 bridgehead atoms. The summed E-state index contributed by atoms with van der Waals surface area (Å²) in [5.41, 5.74) is 0.0648. The van der Waals surface area contributed by atoms with Crippen LogP contribution in [-0.2, 0) is 11.3 Å². The predicted molar refractivity (Wildman–Crippen MR) is 68.7 cm³/mol. The summed E-state index contributed by atoms with van der Waals surface area (Å²) in [6, 6.07) is 3.54. The van der Waals surface area contributed by atoms with E-state index in [2.05, 4.69) is 0 Å². The van der Waals surface area contributed by atoms with E-state index in [4.69, 9.17) is 5.11 Å². The number of non-ortho nitro benzene ring substituents is 1. The number of carbonyl (C=O) groups is 1. The first-order chi connectivity index (χ1) is 9.47. The molecule has 1 fully saturated rings. The maximum Gasteiger partial charge on any atom is 0.307 e. The van der Waals surface area contributed by atoms with Crippen molar-refractivity contribution < 1.29 is 19.2 Å². The van der Waals surface area contributed by atoms with Crippen LogP contribution in [0.5, 0.6) is 0 Å². The van der Waals surface area contributed by atoms with Gasteiger partial charge < -0.3 is 5.11 Å². The lowest BCUT2D eigenvalue weighted by Gasteiger charge is -2.30. The molecule has 7 heteroatoms. The molecule has 1 aromatic carbocycles. The highest BCUT2D eigenvalue weighted by Crippen LogP contribution is 2.22. The highest BCUT2D eigenvalue weighted by atomic mass is 19.1. The van der Waals surface area contributed by atoms with Crippen LogP contribution in [0.3, 0.4) is 0 Å². The van der Waals surface area contributed by atoms with Crippen LogP contribution in [0, 0.1) is 21.8 Å². The molecule has 1 heterocycles. The number of carboxylic acid groups (broad SMARTS) is 1. The standard InChI is InChI=1S/C13H15FN2O4/c14-12-6-11(16(19)20)4-3-9(12)7-15-5-1-2-10(8-15)13(17)18/h3-4,6,10H,1-2,5,7-8H2,(H,17,18). The van der Waals surface area contributed by atoms with Crippen molar-refractivity contribution in [1.29, 1.82) is 0 Å². The zero-order chi connectivity index (χ0) is 14.7. The molecule has 0 aromatic heterocycles. The van der Waals surface area contributed by atoms with Gasteiger partial charge in [-0.15, -0.1) is 0 Å². The summed E-state index contributed by atoms with van der Waals surface area (Å²) in [4.78, 5) is 22.7. The quantitative estimate of drug-likeness (QED) is 0.674. The smallest absolute Gasteiger partial charge is 0.307 e. The van der Waals surface area contributed by atoms with E-state index in [0.29, 0.717) is 25.1 Å². The zero-order valence-electron chi connectivity index (χ0n) is 10.8. The minimum Gasteiger partial charge on any atom is -0.481 e. The molecule has 0 saturated carbocycles. The van der Waals surface area contributed by atoms with E-state index in [-0.39, 0.29) is 12.2 Å². The molecule has 0 radical (unpaired) electrons. The molecule has 1 aliphatic heterocycles. The van der Waals surface area contributed by atoms with E-state index >= 15 is 0 Å². The molecule has 1 aromatic rings. The third kappa shape index (κ3) is 3.30. The number of nitro benzene ring substituents is 1. The van der Waals surface area contributed by atoms with Gasteiger partial charge in [0.2, 0.25) is 0 Å². The molecule has 2 rings (SSSR count). The number of benzene rings is 1. The first kappa shape index (κ1) is 14.4. The summed E-state index contributed by atoms with van der Waals surface area (Å²) in [6.07, 6.45) is 1.39. The van der Waals surface area contributed by atoms with Crippen LogP contribution in [0.25, 0.3) is 0 Å². The second-order valence-electron chi connectivity index (χ2n) is 4.95. The minimum absolute atomic E-state index is 0.271. The molecule has 1 unspecified atom stereocenters. The Balaban J connectivity index is 2.06. The first-order valence-electron chi connectivity index (χ1n) is 6.35. The summed E-state index contributed by atoms with van der Waals surface area (Å²) in [5.74, 6) is -1.89. The van der Waals surface area contributed by atoms with Crippen molar-refractivity contribution in [2.24, 2.45) is 5.92 Å². The van der Waals surface area contributed by atoms with Crippen molar-refractivity contribution in [1.82, 2.24) is 4.90 Å². The van der Waals surface area contributed by atoms with Crippen molar-refractivity contribution in [2.45, 2.75) is 19.4 Å². The Bertz CT molecular complexity index is 535. The molecular formula is C13H15FN2O4. The van der Waals surface area contributed by atoms with E-state index in [1.54, 1.807) is 0 Å². The van der Waals surface area contributed by atoms with Crippen molar-refractivity contribution in [3.05, 3.63) is 39.7 Å². The van der Waals surface area contributed by atoms with Gasteiger partial charge in [-0.1, -0.05) is 0 Å². The average molecular weight is 282 g/mol. The van der Waals surface area contributed by atoms with Gasteiger partial charge in [0.1, 0.15) is 5.82 Å². The zero-order valence-corrected chi connectivity index (χ0v) is 10.8. The third-order valence-electron chi connectivity index (χ3n) is 3.50. The van der Waals surface area contributed by atoms with Crippen LogP contribution in [0.4, 0.5) is 10.1 Å². The van der Waals surface area contributed by atoms with Gasteiger partial charge >= 0.3 is 5.97 Å². The summed E-state index contributed by atoms with van der Waals surface area (Å²) in [7, 11) is 0. The van der Waals surface area contributed by atoms with Crippen LogP contribution in [-0.4, -0.2) is 34.0 Å². The molecule has 20 heavy (non-hydrogen) atoms. The van der Waals surface area contributed by atoms with E-state index < -0.39 is 22.6 Å². The monoisotopic (exact) mass is 282 g/mol. The van der Waals surface area contributed by atoms with Crippen molar-refractivity contribution >= 4 is 11.7 Å². The van der Waals surface area contributed by atoms with Crippen LogP contribution < -0.4 is 0 Å². The lowest BCUT2D eigenvalue weighted by molar-refractivity contribution is -0.385. The number of nitro groups is 1. The van der Waals surface area contributed by atoms with Gasteiger partial charge in [-0.3, -0.25) is 19.8 Å². The van der Waals surface area contributed by atoms with Crippen molar-refractivity contribution in [3.8, 4) is 0 Å². The van der Waals surface area contributed by atoms with Crippen molar-refractivity contribution in [2.75, 3.05) is 13.1 Å². The number of aliphatic carboxylic acids is 1. The molecule has 1 aliphatic rings. The average Bonchev–Trinajstić information content (AvgIpc) is 2.41. The van der Waals surface area contributed by atoms with E-state index in [0.717, 1.165) is 12.5 Å². The van der Waals surface area contributed by atoms with Gasteiger partial charge in [0.15, 0.2) is 0 Å². The molecule has 1 N–H and O–H groups in total. The topological polar surface area (TPSA) is 83.7 Å². The summed E-state index contributed by atoms with van der Waals surface area (Å²) < 4.78 is 13.8. The van der Waals surface area contributed by atoms with Gasteiger partial charge in [-0.25, -0.2) is 4.39 Å². The second-order valence-corrected chi connectivity index (χ2v) is 4.95. The molecule has 108 valence electrons. The first-order valence-corrected chi connectivity index (χ1v) is 6.35. The Morgan fingerprint density at radius 2 is 2.30 bits per heavy atom. The van der Waals surface area contributed by atoms with Crippen LogP contribution in [0.1, 0.15) is 18.4 Å². The summed E-state index contributed by atoms with van der Waals surface area (Å²) in [6.45, 7) is 1.36. The third-order valence-corrected chi connectivity index (χ3v) is 3.50. The number of likely N-dealkylation sites (tertiary alicyclic amines) is 1. The lowest BCUT2D eigenvalue weighted by atomic mass is 9.98. The van der Waals surface area contributed by atoms with E-state index in [1.807, 2.05) is 4.90 Å². The Hall–Kier alpha value is -2.02. The fourth-order valence-electron chi connectivity index (χ4n) is 2.42. The number of hydrogen-bond donors (Lipinski definition) is 1. The molecule has 0 aliphatic carbocycles. The maximum atomic E-state index is 13.8. The largest absolute Gasteiger partial charge is 0.481 e. The van der Waals surface area contributed by atoms with Crippen LogP contribution in [0.2, 0.25) is 0 Å². The highest BCUT2D eigenvalue weighted by molar-refractivity contribution is 5.70. The van der Waals surface area contributed by atoms with Crippen molar-refractivity contribution in [3.63, 3.8) is 0 Å². The van der Waals surface area contributed by atoms with Gasteiger partial charge in [0.25, 0.3) is 5.69 Å². The van der Waals surface area contributed by atoms with Crippen LogP contribution in [0.15, 0.2) is 18.2 Å². The number of rotatable bonds is 4. The molecule has 1 atom stereocenters. The fourth-order valence-corrected chi connectivity index (χ4v) is 2.42. The fraction of sp³-hybridized carbons (Fsp3) is 0.462. The van der Waals surface area contributed by atoms with E-state index in [1.165, 1.54) is 12.1 Å². The number of halogens is 1. The molecule has 6 nitrogen and oxygen atoms in total. The van der Waals surface area contributed by atoms with E-state index in [9.17, 15) is 19.3 Å². The Morgan fingerprint density at radius 3 is 2.90 bits per heavy atom. The molecular weight excluding hydrogens is 267 g/mol.